The number of carbonyl (C=O) groups is 3. The maximum Gasteiger partial charge on any atom is 0.325 e. The number of rotatable bonds is 6. The number of aryl methyl sites for hydroxylation is 1. The van der Waals surface area contributed by atoms with Gasteiger partial charge < -0.3 is 16.0 Å². The number of hydrogen-bond acceptors (Lipinski definition) is 4. The second kappa shape index (κ2) is 8.42. The molecule has 0 aromatic heterocycles. The van der Waals surface area contributed by atoms with E-state index in [0.717, 1.165) is 34.4 Å². The van der Waals surface area contributed by atoms with Gasteiger partial charge in [-0.25, -0.2) is 9.18 Å². The third-order valence-corrected chi connectivity index (χ3v) is 7.47. The van der Waals surface area contributed by atoms with Gasteiger partial charge in [-0.3, -0.25) is 14.5 Å². The molecule has 2 atom stereocenters. The topological polar surface area (TPSA) is 95.7 Å². The van der Waals surface area contributed by atoms with Crippen molar-refractivity contribution in [1.82, 2.24) is 15.1 Å². The highest BCUT2D eigenvalue weighted by Crippen LogP contribution is 2.37. The number of halogens is 1. The van der Waals surface area contributed by atoms with E-state index in [1.54, 1.807) is 17.0 Å². The fourth-order valence-electron chi connectivity index (χ4n) is 5.23. The van der Waals surface area contributed by atoms with Gasteiger partial charge >= 0.3 is 6.03 Å². The fraction of sp³-hybridized carbons (Fsp3) is 0.423. The number of urea groups is 1. The molecule has 5 rings (SSSR count). The number of fused-ring (bicyclic) bond motifs is 1. The maximum atomic E-state index is 13.5. The number of carbonyl (C=O) groups excluding carboxylic acids is 3. The summed E-state index contributed by atoms with van der Waals surface area (Å²) < 4.78 is 13.3. The van der Waals surface area contributed by atoms with Crippen molar-refractivity contribution in [1.29, 1.82) is 0 Å². The van der Waals surface area contributed by atoms with Gasteiger partial charge in [-0.05, 0) is 79.5 Å². The van der Waals surface area contributed by atoms with Crippen molar-refractivity contribution in [3.63, 3.8) is 0 Å². The van der Waals surface area contributed by atoms with Crippen LogP contribution in [-0.2, 0) is 29.0 Å². The van der Waals surface area contributed by atoms with Crippen molar-refractivity contribution in [2.45, 2.75) is 57.2 Å². The summed E-state index contributed by atoms with van der Waals surface area (Å²) in [5.74, 6) is -0.582. The van der Waals surface area contributed by atoms with E-state index in [4.69, 9.17) is 5.73 Å². The molecule has 1 heterocycles. The van der Waals surface area contributed by atoms with Crippen LogP contribution in [0.1, 0.15) is 42.9 Å². The average Bonchev–Trinajstić information content (AvgIpc) is 3.63. The summed E-state index contributed by atoms with van der Waals surface area (Å²) in [4.78, 5) is 42.5. The van der Waals surface area contributed by atoms with Gasteiger partial charge in [0, 0.05) is 24.7 Å². The molecule has 1 saturated carbocycles. The van der Waals surface area contributed by atoms with Crippen LogP contribution in [0.4, 0.5) is 14.9 Å². The van der Waals surface area contributed by atoms with E-state index < -0.39 is 11.6 Å². The Kier molecular flexibility index (Phi) is 5.54. The van der Waals surface area contributed by atoms with Gasteiger partial charge in [0.25, 0.3) is 5.91 Å². The summed E-state index contributed by atoms with van der Waals surface area (Å²) in [7, 11) is 0. The Bertz CT molecular complexity index is 1150. The van der Waals surface area contributed by atoms with Gasteiger partial charge in [-0.2, -0.15) is 0 Å². The van der Waals surface area contributed by atoms with Crippen LogP contribution in [0.5, 0.6) is 0 Å². The van der Waals surface area contributed by atoms with Gasteiger partial charge in [0.1, 0.15) is 17.9 Å². The molecule has 8 heteroatoms. The van der Waals surface area contributed by atoms with Gasteiger partial charge in [0.15, 0.2) is 0 Å². The quantitative estimate of drug-likeness (QED) is 0.508. The molecule has 1 unspecified atom stereocenters. The highest BCUT2D eigenvalue weighted by atomic mass is 19.1. The molecule has 0 bridgehead atoms. The summed E-state index contributed by atoms with van der Waals surface area (Å²) in [6, 6.07) is 11.1. The van der Waals surface area contributed by atoms with E-state index >= 15 is 0 Å². The van der Waals surface area contributed by atoms with Crippen molar-refractivity contribution in [2.75, 3.05) is 12.3 Å². The molecule has 7 nitrogen and oxygen atoms in total. The molecular weight excluding hydrogens is 435 g/mol. The maximum absolute atomic E-state index is 13.5. The zero-order chi connectivity index (χ0) is 24.0. The van der Waals surface area contributed by atoms with E-state index in [0.29, 0.717) is 37.4 Å². The van der Waals surface area contributed by atoms with E-state index in [-0.39, 0.29) is 30.2 Å². The van der Waals surface area contributed by atoms with Gasteiger partial charge in [0.05, 0.1) is 0 Å². The lowest BCUT2D eigenvalue weighted by Crippen LogP contribution is -2.52. The first-order valence-electron chi connectivity index (χ1n) is 11.8. The van der Waals surface area contributed by atoms with E-state index in [1.165, 1.54) is 12.1 Å². The summed E-state index contributed by atoms with van der Waals surface area (Å²) in [6.07, 6.45) is 3.59. The lowest BCUT2D eigenvalue weighted by molar-refractivity contribution is -0.141. The second-order valence-corrected chi connectivity index (χ2v) is 9.83. The number of nitrogens with two attached hydrogens (primary N) is 1. The molecule has 2 aromatic carbocycles. The molecule has 34 heavy (non-hydrogen) atoms. The first-order valence-corrected chi connectivity index (χ1v) is 11.8. The number of nitrogens with one attached hydrogen (secondary N) is 1. The number of imide groups is 1. The molecule has 0 radical (unpaired) electrons. The van der Waals surface area contributed by atoms with Gasteiger partial charge in [0.2, 0.25) is 5.91 Å². The minimum Gasteiger partial charge on any atom is -0.399 e. The molecule has 2 aromatic rings. The van der Waals surface area contributed by atoms with Crippen LogP contribution in [0.15, 0.2) is 42.5 Å². The average molecular weight is 465 g/mol. The van der Waals surface area contributed by atoms with E-state index in [9.17, 15) is 18.8 Å². The van der Waals surface area contributed by atoms with Crippen molar-refractivity contribution in [3.05, 3.63) is 65.0 Å². The molecule has 2 fully saturated rings. The van der Waals surface area contributed by atoms with Crippen molar-refractivity contribution in [3.8, 4) is 0 Å². The van der Waals surface area contributed by atoms with Crippen molar-refractivity contribution < 1.29 is 18.8 Å². The highest BCUT2D eigenvalue weighted by Gasteiger charge is 2.53. The number of hydrogen-bond donors (Lipinski definition) is 2. The molecule has 4 amide bonds. The van der Waals surface area contributed by atoms with Crippen LogP contribution in [0.3, 0.4) is 0 Å². The zero-order valence-electron chi connectivity index (χ0n) is 19.2. The number of benzene rings is 2. The summed E-state index contributed by atoms with van der Waals surface area (Å²) >= 11 is 0. The predicted octanol–water partition coefficient (Wildman–Crippen LogP) is 3.01. The minimum absolute atomic E-state index is 0.0307. The molecule has 1 aliphatic heterocycles. The summed E-state index contributed by atoms with van der Waals surface area (Å²) in [5.41, 5.74) is 8.39. The fourth-order valence-corrected chi connectivity index (χ4v) is 5.23. The number of anilines is 1. The molecule has 1 spiro atoms. The van der Waals surface area contributed by atoms with Gasteiger partial charge in [-0.15, -0.1) is 0 Å². The Morgan fingerprint density at radius 3 is 2.65 bits per heavy atom. The molecule has 2 aliphatic carbocycles. The largest absolute Gasteiger partial charge is 0.399 e. The third kappa shape index (κ3) is 4.13. The molecule has 1 saturated heterocycles. The molecule has 3 N–H and O–H groups in total. The van der Waals surface area contributed by atoms with Crippen LogP contribution >= 0.6 is 0 Å². The van der Waals surface area contributed by atoms with Crippen LogP contribution in [0.2, 0.25) is 0 Å². The molecule has 178 valence electrons. The number of nitrogens with zero attached hydrogens (tertiary/aromatic N) is 2. The Morgan fingerprint density at radius 2 is 1.94 bits per heavy atom. The minimum atomic E-state index is -1.04. The third-order valence-electron chi connectivity index (χ3n) is 7.47. The zero-order valence-corrected chi connectivity index (χ0v) is 19.2. The SMILES string of the molecule is C[C@@H](C1CC1)N(Cc1ccc(F)cc1)C(=O)CN1C(=O)NC2(CCc3ccc(N)cc3C2)C1=O. The Labute approximate surface area is 198 Å². The van der Waals surface area contributed by atoms with Crippen LogP contribution in [-0.4, -0.2) is 45.8 Å². The summed E-state index contributed by atoms with van der Waals surface area (Å²) in [5, 5.41) is 2.88. The van der Waals surface area contributed by atoms with E-state index in [1.807, 2.05) is 25.1 Å². The van der Waals surface area contributed by atoms with Crippen molar-refractivity contribution >= 4 is 23.5 Å². The summed E-state index contributed by atoms with van der Waals surface area (Å²) in [6.45, 7) is 1.99. The predicted molar refractivity (Wildman–Crippen MR) is 125 cm³/mol. The molecule has 3 aliphatic rings. The standard InChI is InChI=1S/C26H29FN4O3/c1-16(18-4-5-18)30(14-17-2-7-21(27)8-3-17)23(32)15-31-24(33)26(29-25(31)34)11-10-19-6-9-22(28)12-20(19)13-26/h2-3,6-9,12,16,18H,4-5,10-11,13-15,28H2,1H3,(H,29,34)/t16-,26?/m0/s1. The Hall–Kier alpha value is -3.42. The normalized spacial score (nSPS) is 22.5. The number of amides is 4. The van der Waals surface area contributed by atoms with Crippen molar-refractivity contribution in [2.24, 2.45) is 5.92 Å². The smallest absolute Gasteiger partial charge is 0.325 e. The second-order valence-electron chi connectivity index (χ2n) is 9.83. The van der Waals surface area contributed by atoms with Crippen LogP contribution < -0.4 is 11.1 Å². The van der Waals surface area contributed by atoms with Crippen LogP contribution in [0.25, 0.3) is 0 Å². The number of nitrogen functional groups attached to an aromatic ring is 1. The highest BCUT2D eigenvalue weighted by molar-refractivity contribution is 6.09. The lowest BCUT2D eigenvalue weighted by Gasteiger charge is -2.33. The van der Waals surface area contributed by atoms with Crippen LogP contribution in [0, 0.1) is 11.7 Å². The van der Waals surface area contributed by atoms with E-state index in [2.05, 4.69) is 5.32 Å². The lowest BCUT2D eigenvalue weighted by atomic mass is 9.77. The first kappa shape index (κ1) is 22.4. The van der Waals surface area contributed by atoms with Gasteiger partial charge in [-0.1, -0.05) is 18.2 Å². The Balaban J connectivity index is 1.34. The monoisotopic (exact) mass is 464 g/mol. The first-order chi connectivity index (χ1) is 16.3. The molecular formula is C26H29FN4O3. The Morgan fingerprint density at radius 1 is 1.21 bits per heavy atom.